The number of carboxylic acids is 1. The van der Waals surface area contributed by atoms with Crippen LogP contribution in [-0.4, -0.2) is 11.1 Å². The van der Waals surface area contributed by atoms with Gasteiger partial charge in [0.05, 0.1) is 5.56 Å². The first kappa shape index (κ1) is 11.1. The monoisotopic (exact) mass is 324 g/mol. The second kappa shape index (κ2) is 4.65. The van der Waals surface area contributed by atoms with Crippen molar-refractivity contribution in [3.8, 4) is 11.1 Å². The van der Waals surface area contributed by atoms with Crippen LogP contribution in [0.2, 0.25) is 0 Å². The molecule has 0 saturated carbocycles. The van der Waals surface area contributed by atoms with Crippen LogP contribution in [0, 0.1) is 3.57 Å². The third kappa shape index (κ3) is 2.24. The number of hydrogen-bond donors (Lipinski definition) is 1. The fraction of sp³-hybridized carbons (Fsp3) is 0. The summed E-state index contributed by atoms with van der Waals surface area (Å²) < 4.78 is 1.11. The van der Waals surface area contributed by atoms with Crippen molar-refractivity contribution >= 4 is 28.6 Å². The standard InChI is InChI=1S/C13H9IO2/c14-12-7-2-1-6-11(12)9-4-3-5-10(8-9)13(15)16/h1-8H,(H,15,16). The third-order valence-corrected chi connectivity index (χ3v) is 3.24. The van der Waals surface area contributed by atoms with Gasteiger partial charge in [-0.25, -0.2) is 4.79 Å². The van der Waals surface area contributed by atoms with Crippen LogP contribution >= 0.6 is 22.6 Å². The molecule has 1 N–H and O–H groups in total. The van der Waals surface area contributed by atoms with Gasteiger partial charge in [0, 0.05) is 3.57 Å². The van der Waals surface area contributed by atoms with E-state index in [9.17, 15) is 4.79 Å². The highest BCUT2D eigenvalue weighted by Gasteiger charge is 2.06. The fourth-order valence-corrected chi connectivity index (χ4v) is 2.21. The van der Waals surface area contributed by atoms with E-state index in [2.05, 4.69) is 22.6 Å². The highest BCUT2D eigenvalue weighted by molar-refractivity contribution is 14.1. The number of benzene rings is 2. The van der Waals surface area contributed by atoms with E-state index in [1.54, 1.807) is 18.2 Å². The molecule has 2 aromatic rings. The van der Waals surface area contributed by atoms with Gasteiger partial charge in [-0.15, -0.1) is 0 Å². The smallest absolute Gasteiger partial charge is 0.335 e. The molecule has 0 aliphatic carbocycles. The summed E-state index contributed by atoms with van der Waals surface area (Å²) in [6, 6.07) is 14.9. The molecule has 80 valence electrons. The Balaban J connectivity index is 2.53. The molecule has 0 atom stereocenters. The Morgan fingerprint density at radius 2 is 1.81 bits per heavy atom. The molecular weight excluding hydrogens is 315 g/mol. The van der Waals surface area contributed by atoms with Gasteiger partial charge >= 0.3 is 5.97 Å². The predicted molar refractivity (Wildman–Crippen MR) is 71.6 cm³/mol. The SMILES string of the molecule is O=C(O)c1cccc(-c2ccccc2I)c1. The molecule has 0 aromatic heterocycles. The molecule has 0 amide bonds. The lowest BCUT2D eigenvalue weighted by molar-refractivity contribution is 0.0697. The zero-order valence-electron chi connectivity index (χ0n) is 8.35. The molecule has 0 fully saturated rings. The second-order valence-electron chi connectivity index (χ2n) is 3.37. The molecule has 16 heavy (non-hydrogen) atoms. The Hall–Kier alpha value is -1.36. The fourth-order valence-electron chi connectivity index (χ4n) is 1.52. The summed E-state index contributed by atoms with van der Waals surface area (Å²) in [6.45, 7) is 0. The van der Waals surface area contributed by atoms with E-state index in [1.807, 2.05) is 30.3 Å². The molecule has 0 saturated heterocycles. The van der Waals surface area contributed by atoms with E-state index in [-0.39, 0.29) is 0 Å². The lowest BCUT2D eigenvalue weighted by atomic mass is 10.0. The number of carboxylic acid groups (broad SMARTS) is 1. The zero-order valence-corrected chi connectivity index (χ0v) is 10.5. The Morgan fingerprint density at radius 3 is 2.50 bits per heavy atom. The van der Waals surface area contributed by atoms with Crippen LogP contribution in [0.25, 0.3) is 11.1 Å². The summed E-state index contributed by atoms with van der Waals surface area (Å²) in [5.41, 5.74) is 2.31. The van der Waals surface area contributed by atoms with Gasteiger partial charge < -0.3 is 5.11 Å². The van der Waals surface area contributed by atoms with Crippen molar-refractivity contribution < 1.29 is 9.90 Å². The van der Waals surface area contributed by atoms with Crippen molar-refractivity contribution in [1.29, 1.82) is 0 Å². The van der Waals surface area contributed by atoms with Crippen LogP contribution in [-0.2, 0) is 0 Å². The van der Waals surface area contributed by atoms with Gasteiger partial charge in [-0.2, -0.15) is 0 Å². The Labute approximate surface area is 107 Å². The van der Waals surface area contributed by atoms with Crippen molar-refractivity contribution in [3.05, 3.63) is 57.7 Å². The summed E-state index contributed by atoms with van der Waals surface area (Å²) in [7, 11) is 0. The van der Waals surface area contributed by atoms with Crippen LogP contribution in [0.5, 0.6) is 0 Å². The first-order valence-electron chi connectivity index (χ1n) is 4.77. The van der Waals surface area contributed by atoms with Crippen LogP contribution in [0.1, 0.15) is 10.4 Å². The Bertz CT molecular complexity index is 535. The van der Waals surface area contributed by atoms with Crippen molar-refractivity contribution in [2.75, 3.05) is 0 Å². The topological polar surface area (TPSA) is 37.3 Å². The molecule has 0 aliphatic rings. The van der Waals surface area contributed by atoms with Gasteiger partial charge in [0.15, 0.2) is 0 Å². The minimum absolute atomic E-state index is 0.317. The summed E-state index contributed by atoms with van der Waals surface area (Å²) >= 11 is 2.25. The molecule has 0 aliphatic heterocycles. The molecule has 0 heterocycles. The maximum absolute atomic E-state index is 10.9. The zero-order chi connectivity index (χ0) is 11.5. The lowest BCUT2D eigenvalue weighted by Crippen LogP contribution is -1.96. The third-order valence-electron chi connectivity index (χ3n) is 2.29. The van der Waals surface area contributed by atoms with Crippen molar-refractivity contribution in [2.45, 2.75) is 0 Å². The highest BCUT2D eigenvalue weighted by Crippen LogP contribution is 2.25. The summed E-state index contributed by atoms with van der Waals surface area (Å²) in [6.07, 6.45) is 0. The van der Waals surface area contributed by atoms with Gasteiger partial charge in [0.25, 0.3) is 0 Å². The highest BCUT2D eigenvalue weighted by atomic mass is 127. The van der Waals surface area contributed by atoms with E-state index in [4.69, 9.17) is 5.11 Å². The Kier molecular flexibility index (Phi) is 3.24. The molecule has 3 heteroatoms. The number of carbonyl (C=O) groups is 1. The van der Waals surface area contributed by atoms with E-state index >= 15 is 0 Å². The van der Waals surface area contributed by atoms with Crippen molar-refractivity contribution in [2.24, 2.45) is 0 Å². The molecule has 2 rings (SSSR count). The van der Waals surface area contributed by atoms with Gasteiger partial charge in [-0.1, -0.05) is 30.3 Å². The summed E-state index contributed by atoms with van der Waals surface area (Å²) in [5, 5.41) is 8.92. The average Bonchev–Trinajstić information content (AvgIpc) is 2.30. The maximum Gasteiger partial charge on any atom is 0.335 e. The van der Waals surface area contributed by atoms with Gasteiger partial charge in [-0.05, 0) is 51.9 Å². The van der Waals surface area contributed by atoms with E-state index in [1.165, 1.54) is 0 Å². The predicted octanol–water partition coefficient (Wildman–Crippen LogP) is 3.66. The molecule has 0 bridgehead atoms. The maximum atomic E-state index is 10.9. The quantitative estimate of drug-likeness (QED) is 0.856. The number of rotatable bonds is 2. The first-order valence-corrected chi connectivity index (χ1v) is 5.84. The van der Waals surface area contributed by atoms with E-state index in [0.717, 1.165) is 14.7 Å². The lowest BCUT2D eigenvalue weighted by Gasteiger charge is -2.05. The number of hydrogen-bond acceptors (Lipinski definition) is 1. The normalized spacial score (nSPS) is 10.1. The van der Waals surface area contributed by atoms with Gasteiger partial charge in [-0.3, -0.25) is 0 Å². The van der Waals surface area contributed by atoms with Gasteiger partial charge in [0.2, 0.25) is 0 Å². The van der Waals surface area contributed by atoms with Crippen molar-refractivity contribution in [3.63, 3.8) is 0 Å². The summed E-state index contributed by atoms with van der Waals surface area (Å²) in [5.74, 6) is -0.896. The molecule has 2 aromatic carbocycles. The van der Waals surface area contributed by atoms with Crippen LogP contribution in [0.4, 0.5) is 0 Å². The van der Waals surface area contributed by atoms with E-state index in [0.29, 0.717) is 5.56 Å². The molecule has 0 spiro atoms. The molecule has 0 radical (unpaired) electrons. The average molecular weight is 324 g/mol. The van der Waals surface area contributed by atoms with Crippen LogP contribution < -0.4 is 0 Å². The first-order chi connectivity index (χ1) is 7.68. The Morgan fingerprint density at radius 1 is 1.06 bits per heavy atom. The number of aromatic carboxylic acids is 1. The molecule has 0 unspecified atom stereocenters. The largest absolute Gasteiger partial charge is 0.478 e. The summed E-state index contributed by atoms with van der Waals surface area (Å²) in [4.78, 5) is 10.9. The van der Waals surface area contributed by atoms with Crippen molar-refractivity contribution in [1.82, 2.24) is 0 Å². The minimum atomic E-state index is -0.896. The molecular formula is C13H9IO2. The number of halogens is 1. The van der Waals surface area contributed by atoms with E-state index < -0.39 is 5.97 Å². The van der Waals surface area contributed by atoms with Crippen LogP contribution in [0.15, 0.2) is 48.5 Å². The molecule has 2 nitrogen and oxygen atoms in total. The second-order valence-corrected chi connectivity index (χ2v) is 4.53. The minimum Gasteiger partial charge on any atom is -0.478 e. The van der Waals surface area contributed by atoms with Gasteiger partial charge in [0.1, 0.15) is 0 Å². The van der Waals surface area contributed by atoms with Crippen LogP contribution in [0.3, 0.4) is 0 Å².